The molecule has 1 rings (SSSR count). The van der Waals surface area contributed by atoms with Gasteiger partial charge in [-0.1, -0.05) is 38.8 Å². The summed E-state index contributed by atoms with van der Waals surface area (Å²) in [4.78, 5) is 0. The molecule has 1 unspecified atom stereocenters. The molecule has 14 heavy (non-hydrogen) atoms. The maximum Gasteiger partial charge on any atom is -0.00784 e. The Hall–Kier alpha value is -0.520. The largest absolute Gasteiger partial charge is 0.0764 e. The SMILES string of the molecule is CCCC(C)(CC)C1=CCC(C)=C1C. The molecule has 0 N–H and O–H groups in total. The fourth-order valence-corrected chi connectivity index (χ4v) is 2.54. The van der Waals surface area contributed by atoms with Gasteiger partial charge in [-0.2, -0.15) is 0 Å². The van der Waals surface area contributed by atoms with Crippen molar-refractivity contribution in [3.63, 3.8) is 0 Å². The molecule has 0 aromatic heterocycles. The minimum absolute atomic E-state index is 0.427. The molecule has 0 aromatic carbocycles. The van der Waals surface area contributed by atoms with E-state index in [1.54, 1.807) is 16.7 Å². The van der Waals surface area contributed by atoms with Crippen LogP contribution in [0.3, 0.4) is 0 Å². The maximum atomic E-state index is 2.45. The van der Waals surface area contributed by atoms with E-state index < -0.39 is 0 Å². The lowest BCUT2D eigenvalue weighted by Gasteiger charge is -2.31. The highest BCUT2D eigenvalue weighted by Gasteiger charge is 2.29. The van der Waals surface area contributed by atoms with Crippen LogP contribution in [0.15, 0.2) is 22.8 Å². The number of allylic oxidation sites excluding steroid dienone is 4. The Balaban J connectivity index is 2.92. The van der Waals surface area contributed by atoms with Crippen LogP contribution < -0.4 is 0 Å². The van der Waals surface area contributed by atoms with Gasteiger partial charge in [0, 0.05) is 0 Å². The van der Waals surface area contributed by atoms with E-state index >= 15 is 0 Å². The molecule has 0 radical (unpaired) electrons. The van der Waals surface area contributed by atoms with E-state index in [4.69, 9.17) is 0 Å². The van der Waals surface area contributed by atoms with Crippen LogP contribution in [0.5, 0.6) is 0 Å². The van der Waals surface area contributed by atoms with E-state index in [1.807, 2.05) is 0 Å². The van der Waals surface area contributed by atoms with Crippen molar-refractivity contribution in [2.45, 2.75) is 60.3 Å². The molecule has 0 fully saturated rings. The predicted molar refractivity (Wildman–Crippen MR) is 64.4 cm³/mol. The molecule has 1 atom stereocenters. The molecule has 0 saturated heterocycles. The van der Waals surface area contributed by atoms with Gasteiger partial charge in [0.2, 0.25) is 0 Å². The van der Waals surface area contributed by atoms with E-state index in [0.29, 0.717) is 5.41 Å². The van der Waals surface area contributed by atoms with Gasteiger partial charge in [-0.3, -0.25) is 0 Å². The minimum Gasteiger partial charge on any atom is -0.0764 e. The van der Waals surface area contributed by atoms with Crippen molar-refractivity contribution in [1.82, 2.24) is 0 Å². The van der Waals surface area contributed by atoms with Crippen molar-refractivity contribution in [2.24, 2.45) is 5.41 Å². The Kier molecular flexibility index (Phi) is 3.58. The molecule has 0 heterocycles. The average molecular weight is 192 g/mol. The van der Waals surface area contributed by atoms with Crippen molar-refractivity contribution < 1.29 is 0 Å². The smallest absolute Gasteiger partial charge is 0.00784 e. The molecule has 0 aliphatic heterocycles. The van der Waals surface area contributed by atoms with E-state index in [0.717, 1.165) is 0 Å². The second-order valence-corrected chi connectivity index (χ2v) is 4.89. The molecular formula is C14H24. The fraction of sp³-hybridized carbons (Fsp3) is 0.714. The summed E-state index contributed by atoms with van der Waals surface area (Å²) in [5, 5.41) is 0. The molecule has 0 amide bonds. The number of hydrogen-bond donors (Lipinski definition) is 0. The summed E-state index contributed by atoms with van der Waals surface area (Å²) in [6, 6.07) is 0. The first kappa shape index (κ1) is 11.6. The van der Waals surface area contributed by atoms with Gasteiger partial charge in [0.15, 0.2) is 0 Å². The highest BCUT2D eigenvalue weighted by atomic mass is 14.3. The van der Waals surface area contributed by atoms with E-state index in [9.17, 15) is 0 Å². The van der Waals surface area contributed by atoms with Crippen LogP contribution in [0.4, 0.5) is 0 Å². The third kappa shape index (κ3) is 1.94. The second-order valence-electron chi connectivity index (χ2n) is 4.89. The van der Waals surface area contributed by atoms with Crippen LogP contribution >= 0.6 is 0 Å². The Morgan fingerprint density at radius 2 is 1.93 bits per heavy atom. The Labute approximate surface area is 89.1 Å². The summed E-state index contributed by atoms with van der Waals surface area (Å²) in [5.74, 6) is 0. The van der Waals surface area contributed by atoms with Gasteiger partial charge in [-0.15, -0.1) is 0 Å². The standard InChI is InChI=1S/C14H24/c1-6-10-14(5,7-2)13-9-8-11(3)12(13)4/h9H,6-8,10H2,1-5H3. The van der Waals surface area contributed by atoms with Crippen molar-refractivity contribution in [2.75, 3.05) is 0 Å². The summed E-state index contributed by atoms with van der Waals surface area (Å²) in [5.41, 5.74) is 5.18. The summed E-state index contributed by atoms with van der Waals surface area (Å²) in [6.45, 7) is 11.6. The van der Waals surface area contributed by atoms with Crippen LogP contribution in [0.2, 0.25) is 0 Å². The topological polar surface area (TPSA) is 0 Å². The lowest BCUT2D eigenvalue weighted by Crippen LogP contribution is -2.18. The van der Waals surface area contributed by atoms with Crippen molar-refractivity contribution >= 4 is 0 Å². The van der Waals surface area contributed by atoms with E-state index in [1.165, 1.54) is 25.7 Å². The highest BCUT2D eigenvalue weighted by molar-refractivity contribution is 5.44. The lowest BCUT2D eigenvalue weighted by atomic mass is 9.74. The quantitative estimate of drug-likeness (QED) is 0.596. The molecule has 1 aliphatic rings. The van der Waals surface area contributed by atoms with Gasteiger partial charge in [0.05, 0.1) is 0 Å². The average Bonchev–Trinajstić information content (AvgIpc) is 2.48. The monoisotopic (exact) mass is 192 g/mol. The van der Waals surface area contributed by atoms with Crippen molar-refractivity contribution in [3.8, 4) is 0 Å². The summed E-state index contributed by atoms with van der Waals surface area (Å²) >= 11 is 0. The Bertz CT molecular complexity index is 268. The lowest BCUT2D eigenvalue weighted by molar-refractivity contribution is 0.352. The molecule has 0 heteroatoms. The van der Waals surface area contributed by atoms with Gasteiger partial charge in [0.25, 0.3) is 0 Å². The number of rotatable bonds is 4. The van der Waals surface area contributed by atoms with Crippen molar-refractivity contribution in [3.05, 3.63) is 22.8 Å². The van der Waals surface area contributed by atoms with Crippen LogP contribution in [-0.4, -0.2) is 0 Å². The first-order valence-corrected chi connectivity index (χ1v) is 5.92. The Morgan fingerprint density at radius 1 is 1.29 bits per heavy atom. The first-order valence-electron chi connectivity index (χ1n) is 5.92. The van der Waals surface area contributed by atoms with Crippen molar-refractivity contribution in [1.29, 1.82) is 0 Å². The molecule has 0 bridgehead atoms. The van der Waals surface area contributed by atoms with Gasteiger partial charge in [-0.05, 0) is 49.7 Å². The summed E-state index contributed by atoms with van der Waals surface area (Å²) < 4.78 is 0. The molecule has 0 spiro atoms. The van der Waals surface area contributed by atoms with Crippen LogP contribution in [0.25, 0.3) is 0 Å². The zero-order chi connectivity index (χ0) is 10.8. The zero-order valence-corrected chi connectivity index (χ0v) is 10.4. The summed E-state index contributed by atoms with van der Waals surface area (Å²) in [7, 11) is 0. The fourth-order valence-electron chi connectivity index (χ4n) is 2.54. The normalized spacial score (nSPS) is 21.1. The van der Waals surface area contributed by atoms with Gasteiger partial charge >= 0.3 is 0 Å². The molecule has 1 aliphatic carbocycles. The van der Waals surface area contributed by atoms with E-state index in [2.05, 4.69) is 40.7 Å². The maximum absolute atomic E-state index is 2.45. The first-order chi connectivity index (χ1) is 6.55. The van der Waals surface area contributed by atoms with E-state index in [-0.39, 0.29) is 0 Å². The Morgan fingerprint density at radius 3 is 2.29 bits per heavy atom. The zero-order valence-electron chi connectivity index (χ0n) is 10.4. The molecule has 0 saturated carbocycles. The summed E-state index contributed by atoms with van der Waals surface area (Å²) in [6.07, 6.45) is 7.50. The van der Waals surface area contributed by atoms with Gasteiger partial charge < -0.3 is 0 Å². The van der Waals surface area contributed by atoms with Gasteiger partial charge in [-0.25, -0.2) is 0 Å². The molecular weight excluding hydrogens is 168 g/mol. The second kappa shape index (κ2) is 4.33. The van der Waals surface area contributed by atoms with Crippen LogP contribution in [-0.2, 0) is 0 Å². The van der Waals surface area contributed by atoms with Crippen LogP contribution in [0, 0.1) is 5.41 Å². The highest BCUT2D eigenvalue weighted by Crippen LogP contribution is 2.43. The van der Waals surface area contributed by atoms with Gasteiger partial charge in [0.1, 0.15) is 0 Å². The third-order valence-corrected chi connectivity index (χ3v) is 3.89. The molecule has 0 aromatic rings. The predicted octanol–water partition coefficient (Wildman–Crippen LogP) is 4.87. The molecule has 0 nitrogen and oxygen atoms in total. The third-order valence-electron chi connectivity index (χ3n) is 3.89. The minimum atomic E-state index is 0.427. The molecule has 80 valence electrons. The van der Waals surface area contributed by atoms with Crippen LogP contribution in [0.1, 0.15) is 60.3 Å². The number of hydrogen-bond acceptors (Lipinski definition) is 0.